The maximum Gasteiger partial charge on any atom is 0.0472 e. The van der Waals surface area contributed by atoms with Crippen LogP contribution in [0.1, 0.15) is 47.0 Å². The monoisotopic (exact) mass is 316 g/mol. The van der Waals surface area contributed by atoms with Crippen molar-refractivity contribution in [3.63, 3.8) is 0 Å². The molecular formula is C17H36N2OS. The van der Waals surface area contributed by atoms with E-state index in [1.807, 2.05) is 11.8 Å². The molecule has 1 unspecified atom stereocenters. The number of nitrogens with one attached hydrogen (secondary N) is 1. The van der Waals surface area contributed by atoms with Crippen LogP contribution in [0.5, 0.6) is 0 Å². The van der Waals surface area contributed by atoms with Gasteiger partial charge in [-0.2, -0.15) is 11.8 Å². The Hall–Kier alpha value is 0.230. The molecule has 1 heterocycles. The summed E-state index contributed by atoms with van der Waals surface area (Å²) >= 11 is 1.96. The first-order chi connectivity index (χ1) is 9.82. The summed E-state index contributed by atoms with van der Waals surface area (Å²) in [7, 11) is 2.30. The second-order valence-electron chi connectivity index (χ2n) is 7.65. The highest BCUT2D eigenvalue weighted by atomic mass is 32.2. The largest absolute Gasteiger partial charge is 0.381 e. The molecule has 0 bridgehead atoms. The van der Waals surface area contributed by atoms with E-state index in [0.29, 0.717) is 11.5 Å². The highest BCUT2D eigenvalue weighted by Gasteiger charge is 2.35. The van der Waals surface area contributed by atoms with E-state index in [9.17, 15) is 0 Å². The van der Waals surface area contributed by atoms with Crippen LogP contribution in [-0.2, 0) is 4.74 Å². The van der Waals surface area contributed by atoms with Crippen molar-refractivity contribution in [1.82, 2.24) is 10.2 Å². The smallest absolute Gasteiger partial charge is 0.0472 e. The summed E-state index contributed by atoms with van der Waals surface area (Å²) in [5.74, 6) is 1.23. The molecule has 4 heteroatoms. The Kier molecular flexibility index (Phi) is 8.04. The predicted octanol–water partition coefficient (Wildman–Crippen LogP) is 3.24. The van der Waals surface area contributed by atoms with Gasteiger partial charge in [-0.05, 0) is 58.8 Å². The van der Waals surface area contributed by atoms with Crippen LogP contribution in [-0.4, -0.2) is 61.8 Å². The minimum Gasteiger partial charge on any atom is -0.381 e. The second kappa shape index (κ2) is 8.76. The zero-order chi connectivity index (χ0) is 15.9. The van der Waals surface area contributed by atoms with Crippen LogP contribution in [0.2, 0.25) is 0 Å². The van der Waals surface area contributed by atoms with Crippen molar-refractivity contribution in [2.45, 2.75) is 58.5 Å². The van der Waals surface area contributed by atoms with Gasteiger partial charge in [0, 0.05) is 43.6 Å². The van der Waals surface area contributed by atoms with Crippen molar-refractivity contribution in [3.8, 4) is 0 Å². The van der Waals surface area contributed by atoms with Crippen LogP contribution in [0.4, 0.5) is 0 Å². The topological polar surface area (TPSA) is 24.5 Å². The number of nitrogens with zero attached hydrogens (tertiary/aromatic N) is 1. The standard InChI is InChI=1S/C17H36N2OS/c1-7-15(12-21-6)19(5)14-17(8-10-20-11-9-17)13-18-16(2,3)4/h15,18H,7-14H2,1-6H3. The zero-order valence-corrected chi connectivity index (χ0v) is 15.8. The van der Waals surface area contributed by atoms with E-state index in [-0.39, 0.29) is 5.54 Å². The zero-order valence-electron chi connectivity index (χ0n) is 15.0. The molecule has 0 aromatic heterocycles. The summed E-state index contributed by atoms with van der Waals surface area (Å²) in [6.45, 7) is 13.2. The molecule has 1 N–H and O–H groups in total. The molecule has 0 spiro atoms. The van der Waals surface area contributed by atoms with Crippen molar-refractivity contribution in [1.29, 1.82) is 0 Å². The molecule has 1 aliphatic heterocycles. The summed E-state index contributed by atoms with van der Waals surface area (Å²) < 4.78 is 5.62. The Labute approximate surface area is 136 Å². The third kappa shape index (κ3) is 6.89. The van der Waals surface area contributed by atoms with Crippen LogP contribution in [0.3, 0.4) is 0 Å². The van der Waals surface area contributed by atoms with Crippen LogP contribution < -0.4 is 5.32 Å². The molecule has 1 saturated heterocycles. The van der Waals surface area contributed by atoms with Gasteiger partial charge in [0.05, 0.1) is 0 Å². The van der Waals surface area contributed by atoms with Gasteiger partial charge in [0.25, 0.3) is 0 Å². The van der Waals surface area contributed by atoms with Crippen molar-refractivity contribution in [2.24, 2.45) is 5.41 Å². The molecule has 0 aromatic rings. The fourth-order valence-corrected chi connectivity index (χ4v) is 3.93. The van der Waals surface area contributed by atoms with E-state index in [4.69, 9.17) is 4.74 Å². The molecule has 1 fully saturated rings. The van der Waals surface area contributed by atoms with E-state index < -0.39 is 0 Å². The highest BCUT2D eigenvalue weighted by molar-refractivity contribution is 7.98. The van der Waals surface area contributed by atoms with E-state index in [0.717, 1.165) is 19.8 Å². The molecule has 1 rings (SSSR count). The van der Waals surface area contributed by atoms with Gasteiger partial charge < -0.3 is 15.0 Å². The molecule has 0 aliphatic carbocycles. The summed E-state index contributed by atoms with van der Waals surface area (Å²) in [4.78, 5) is 2.59. The van der Waals surface area contributed by atoms with Crippen LogP contribution in [0.15, 0.2) is 0 Å². The van der Waals surface area contributed by atoms with Crippen LogP contribution >= 0.6 is 11.8 Å². The SMILES string of the molecule is CCC(CSC)N(C)CC1(CNC(C)(C)C)CCOCC1. The van der Waals surface area contributed by atoms with Crippen LogP contribution in [0.25, 0.3) is 0 Å². The molecule has 3 nitrogen and oxygen atoms in total. The predicted molar refractivity (Wildman–Crippen MR) is 95.3 cm³/mol. The van der Waals surface area contributed by atoms with E-state index in [2.05, 4.69) is 51.2 Å². The number of rotatable bonds is 8. The first kappa shape index (κ1) is 19.3. The Bertz CT molecular complexity index is 285. The van der Waals surface area contributed by atoms with Gasteiger partial charge in [0.15, 0.2) is 0 Å². The van der Waals surface area contributed by atoms with Crippen molar-refractivity contribution in [3.05, 3.63) is 0 Å². The fourth-order valence-electron chi connectivity index (χ4n) is 3.06. The van der Waals surface area contributed by atoms with Gasteiger partial charge in [-0.15, -0.1) is 0 Å². The third-order valence-corrected chi connectivity index (χ3v) is 5.30. The average molecular weight is 317 g/mol. The Balaban J connectivity index is 2.68. The number of thioether (sulfide) groups is 1. The first-order valence-electron chi connectivity index (χ1n) is 8.34. The molecule has 0 amide bonds. The Morgan fingerprint density at radius 1 is 1.29 bits per heavy atom. The lowest BCUT2D eigenvalue weighted by Crippen LogP contribution is -2.52. The van der Waals surface area contributed by atoms with E-state index in [1.165, 1.54) is 31.6 Å². The summed E-state index contributed by atoms with van der Waals surface area (Å²) in [5, 5.41) is 3.74. The Morgan fingerprint density at radius 3 is 2.38 bits per heavy atom. The van der Waals surface area contributed by atoms with Crippen molar-refractivity contribution in [2.75, 3.05) is 45.4 Å². The van der Waals surface area contributed by atoms with E-state index in [1.54, 1.807) is 0 Å². The fraction of sp³-hybridized carbons (Fsp3) is 1.00. The lowest BCUT2D eigenvalue weighted by atomic mass is 9.78. The van der Waals surface area contributed by atoms with Gasteiger partial charge in [-0.25, -0.2) is 0 Å². The number of hydrogen-bond acceptors (Lipinski definition) is 4. The lowest BCUT2D eigenvalue weighted by molar-refractivity contribution is -0.00821. The molecule has 0 radical (unpaired) electrons. The van der Waals surface area contributed by atoms with Crippen LogP contribution in [0, 0.1) is 5.41 Å². The first-order valence-corrected chi connectivity index (χ1v) is 9.73. The average Bonchev–Trinajstić information content (AvgIpc) is 2.43. The number of ether oxygens (including phenoxy) is 1. The summed E-state index contributed by atoms with van der Waals surface area (Å²) in [5.41, 5.74) is 0.555. The normalized spacial score (nSPS) is 20.7. The maximum absolute atomic E-state index is 5.62. The summed E-state index contributed by atoms with van der Waals surface area (Å²) in [6, 6.07) is 0.689. The van der Waals surface area contributed by atoms with Gasteiger partial charge in [-0.3, -0.25) is 0 Å². The van der Waals surface area contributed by atoms with Gasteiger partial charge >= 0.3 is 0 Å². The molecule has 1 aliphatic rings. The molecule has 126 valence electrons. The third-order valence-electron chi connectivity index (χ3n) is 4.59. The van der Waals surface area contributed by atoms with Crippen molar-refractivity contribution < 1.29 is 4.74 Å². The van der Waals surface area contributed by atoms with E-state index >= 15 is 0 Å². The minimum absolute atomic E-state index is 0.188. The molecular weight excluding hydrogens is 280 g/mol. The molecule has 0 aromatic carbocycles. The summed E-state index contributed by atoms with van der Waals surface area (Å²) in [6.07, 6.45) is 5.80. The van der Waals surface area contributed by atoms with Gasteiger partial charge in [0.2, 0.25) is 0 Å². The molecule has 0 saturated carbocycles. The Morgan fingerprint density at radius 2 is 1.90 bits per heavy atom. The lowest BCUT2D eigenvalue weighted by Gasteiger charge is -2.43. The van der Waals surface area contributed by atoms with Gasteiger partial charge in [0.1, 0.15) is 0 Å². The second-order valence-corrected chi connectivity index (χ2v) is 8.56. The van der Waals surface area contributed by atoms with Crippen molar-refractivity contribution >= 4 is 11.8 Å². The molecule has 1 atom stereocenters. The number of hydrogen-bond donors (Lipinski definition) is 1. The quantitative estimate of drug-likeness (QED) is 0.743. The minimum atomic E-state index is 0.188. The maximum atomic E-state index is 5.62. The molecule has 21 heavy (non-hydrogen) atoms. The highest BCUT2D eigenvalue weighted by Crippen LogP contribution is 2.32. The van der Waals surface area contributed by atoms with Gasteiger partial charge in [-0.1, -0.05) is 6.92 Å².